The number of nitrogens with two attached hydrogens (primary N) is 1. The molecule has 6 heteroatoms. The van der Waals surface area contributed by atoms with Gasteiger partial charge in [-0.05, 0) is 30.0 Å². The molecule has 0 radical (unpaired) electrons. The van der Waals surface area contributed by atoms with Gasteiger partial charge in [0.25, 0.3) is 0 Å². The van der Waals surface area contributed by atoms with E-state index < -0.39 is 15.9 Å². The van der Waals surface area contributed by atoms with Crippen molar-refractivity contribution in [3.05, 3.63) is 65.7 Å². The van der Waals surface area contributed by atoms with Gasteiger partial charge in [0.05, 0.1) is 22.7 Å². The van der Waals surface area contributed by atoms with Crippen LogP contribution in [-0.4, -0.2) is 26.1 Å². The summed E-state index contributed by atoms with van der Waals surface area (Å²) in [5.74, 6) is -0.235. The number of nitrogens with one attached hydrogen (secondary N) is 1. The second-order valence-electron chi connectivity index (χ2n) is 6.00. The van der Waals surface area contributed by atoms with Crippen molar-refractivity contribution in [2.45, 2.75) is 29.8 Å². The Labute approximate surface area is 141 Å². The molecule has 2 aromatic rings. The van der Waals surface area contributed by atoms with E-state index in [1.165, 1.54) is 0 Å². The molecule has 0 spiro atoms. The number of hydrogen-bond donors (Lipinski definition) is 2. The lowest BCUT2D eigenvalue weighted by molar-refractivity contribution is -0.123. The molecule has 1 aliphatic heterocycles. The molecule has 2 aromatic carbocycles. The number of hydrogen-bond acceptors (Lipinski definition) is 4. The molecule has 126 valence electrons. The molecule has 0 saturated carbocycles. The Balaban J connectivity index is 1.73. The Hall–Kier alpha value is -2.18. The van der Waals surface area contributed by atoms with Crippen molar-refractivity contribution in [2.24, 2.45) is 5.73 Å². The van der Waals surface area contributed by atoms with Gasteiger partial charge in [0.15, 0.2) is 9.84 Å². The number of rotatable bonds is 4. The van der Waals surface area contributed by atoms with E-state index >= 15 is 0 Å². The average molecular weight is 344 g/mol. The zero-order chi connectivity index (χ0) is 17.2. The van der Waals surface area contributed by atoms with E-state index in [0.717, 1.165) is 5.56 Å². The number of benzene rings is 2. The summed E-state index contributed by atoms with van der Waals surface area (Å²) in [5, 5.41) is 2.90. The molecule has 1 amide bonds. The van der Waals surface area contributed by atoms with Gasteiger partial charge in [0.2, 0.25) is 5.91 Å². The Morgan fingerprint density at radius 2 is 1.79 bits per heavy atom. The van der Waals surface area contributed by atoms with Crippen LogP contribution in [0.1, 0.15) is 23.6 Å². The van der Waals surface area contributed by atoms with Crippen LogP contribution in [0.25, 0.3) is 0 Å². The van der Waals surface area contributed by atoms with Crippen molar-refractivity contribution in [3.8, 4) is 0 Å². The van der Waals surface area contributed by atoms with Gasteiger partial charge < -0.3 is 11.1 Å². The van der Waals surface area contributed by atoms with Crippen molar-refractivity contribution in [3.63, 3.8) is 0 Å². The third-order valence-electron chi connectivity index (χ3n) is 4.26. The molecule has 2 unspecified atom stereocenters. The van der Waals surface area contributed by atoms with Crippen LogP contribution in [0.15, 0.2) is 59.5 Å². The van der Waals surface area contributed by atoms with Gasteiger partial charge in [-0.3, -0.25) is 4.79 Å². The Morgan fingerprint density at radius 3 is 2.54 bits per heavy atom. The van der Waals surface area contributed by atoms with Crippen LogP contribution in [0, 0.1) is 0 Å². The van der Waals surface area contributed by atoms with E-state index in [0.29, 0.717) is 23.3 Å². The molecule has 0 aromatic heterocycles. The fourth-order valence-electron chi connectivity index (χ4n) is 2.98. The van der Waals surface area contributed by atoms with Crippen molar-refractivity contribution < 1.29 is 13.2 Å². The van der Waals surface area contributed by atoms with E-state index in [2.05, 4.69) is 5.32 Å². The fourth-order valence-corrected chi connectivity index (χ4v) is 4.60. The Kier molecular flexibility index (Phi) is 4.69. The summed E-state index contributed by atoms with van der Waals surface area (Å²) in [7, 11) is -3.26. The van der Waals surface area contributed by atoms with Crippen LogP contribution in [0.2, 0.25) is 0 Å². The summed E-state index contributed by atoms with van der Waals surface area (Å²) >= 11 is 0. The fraction of sp³-hybridized carbons (Fsp3) is 0.278. The van der Waals surface area contributed by atoms with Gasteiger partial charge in [-0.25, -0.2) is 8.42 Å². The molecular weight excluding hydrogens is 324 g/mol. The maximum Gasteiger partial charge on any atom is 0.237 e. The Morgan fingerprint density at radius 1 is 1.12 bits per heavy atom. The molecule has 0 saturated heterocycles. The first-order chi connectivity index (χ1) is 11.5. The number of carbonyl (C=O) groups is 1. The lowest BCUT2D eigenvalue weighted by atomic mass is 10.0. The van der Waals surface area contributed by atoms with Crippen LogP contribution < -0.4 is 11.1 Å². The summed E-state index contributed by atoms with van der Waals surface area (Å²) < 4.78 is 24.3. The third kappa shape index (κ3) is 3.49. The van der Waals surface area contributed by atoms with Gasteiger partial charge in [0, 0.05) is 0 Å². The van der Waals surface area contributed by atoms with Gasteiger partial charge in [0.1, 0.15) is 0 Å². The molecule has 0 bridgehead atoms. The largest absolute Gasteiger partial charge is 0.348 e. The van der Waals surface area contributed by atoms with Crippen LogP contribution in [0.4, 0.5) is 0 Å². The molecule has 0 aliphatic carbocycles. The molecule has 3 N–H and O–H groups in total. The topological polar surface area (TPSA) is 89.3 Å². The van der Waals surface area contributed by atoms with Crippen LogP contribution in [-0.2, 0) is 21.1 Å². The summed E-state index contributed by atoms with van der Waals surface area (Å²) in [6.45, 7) is 0. The lowest BCUT2D eigenvalue weighted by Crippen LogP contribution is -2.44. The highest BCUT2D eigenvalue weighted by molar-refractivity contribution is 7.91. The summed E-state index contributed by atoms with van der Waals surface area (Å²) in [4.78, 5) is 12.7. The number of carbonyl (C=O) groups excluding carboxylic acids is 1. The zero-order valence-corrected chi connectivity index (χ0v) is 14.0. The van der Waals surface area contributed by atoms with E-state index in [1.54, 1.807) is 24.3 Å². The lowest BCUT2D eigenvalue weighted by Gasteiger charge is -2.27. The first-order valence-corrected chi connectivity index (χ1v) is 9.54. The molecule has 24 heavy (non-hydrogen) atoms. The normalized spacial score (nSPS) is 20.0. The minimum atomic E-state index is -3.26. The number of amides is 1. The van der Waals surface area contributed by atoms with E-state index in [1.807, 2.05) is 30.3 Å². The maximum atomic E-state index is 12.4. The molecule has 3 rings (SSSR count). The highest BCUT2D eigenvalue weighted by atomic mass is 32.2. The summed E-state index contributed by atoms with van der Waals surface area (Å²) in [5.41, 5.74) is 7.64. The first kappa shape index (κ1) is 16.7. The van der Waals surface area contributed by atoms with Gasteiger partial charge in [-0.1, -0.05) is 48.5 Å². The van der Waals surface area contributed by atoms with E-state index in [9.17, 15) is 13.2 Å². The number of sulfone groups is 1. The number of fused-ring (bicyclic) bond motifs is 1. The van der Waals surface area contributed by atoms with Crippen molar-refractivity contribution >= 4 is 15.7 Å². The Bertz CT molecular complexity index is 834. The molecular formula is C18H20N2O3S. The van der Waals surface area contributed by atoms with Crippen molar-refractivity contribution in [1.82, 2.24) is 5.32 Å². The van der Waals surface area contributed by atoms with Gasteiger partial charge in [-0.2, -0.15) is 0 Å². The quantitative estimate of drug-likeness (QED) is 0.881. The van der Waals surface area contributed by atoms with Crippen molar-refractivity contribution in [2.75, 3.05) is 5.75 Å². The van der Waals surface area contributed by atoms with Crippen LogP contribution in [0.3, 0.4) is 0 Å². The average Bonchev–Trinajstić information content (AvgIpc) is 2.58. The molecule has 1 heterocycles. The van der Waals surface area contributed by atoms with Crippen LogP contribution >= 0.6 is 0 Å². The smallest absolute Gasteiger partial charge is 0.237 e. The van der Waals surface area contributed by atoms with Crippen LogP contribution in [0.5, 0.6) is 0 Å². The predicted octanol–water partition coefficient (Wildman–Crippen LogP) is 1.59. The molecule has 2 atom stereocenters. The highest BCUT2D eigenvalue weighted by Gasteiger charge is 2.31. The standard InChI is InChI=1S/C18H20N2O3S/c19-15(12-13-6-2-1-3-7-13)18(21)20-16-10-11-24(22,23)17-9-5-4-8-14(16)17/h1-9,15-16H,10-12,19H2,(H,20,21). The third-order valence-corrected chi connectivity index (χ3v) is 6.07. The molecule has 5 nitrogen and oxygen atoms in total. The monoisotopic (exact) mass is 344 g/mol. The summed E-state index contributed by atoms with van der Waals surface area (Å²) in [6, 6.07) is 15.4. The zero-order valence-electron chi connectivity index (χ0n) is 13.2. The maximum absolute atomic E-state index is 12.4. The van der Waals surface area contributed by atoms with Gasteiger partial charge in [-0.15, -0.1) is 0 Å². The molecule has 0 fully saturated rings. The minimum Gasteiger partial charge on any atom is -0.348 e. The van der Waals surface area contributed by atoms with Gasteiger partial charge >= 0.3 is 0 Å². The second-order valence-corrected chi connectivity index (χ2v) is 8.08. The minimum absolute atomic E-state index is 0.0306. The SMILES string of the molecule is NC(Cc1ccccc1)C(=O)NC1CCS(=O)(=O)c2ccccc21. The van der Waals surface area contributed by atoms with E-state index in [-0.39, 0.29) is 17.7 Å². The summed E-state index contributed by atoms with van der Waals surface area (Å²) in [6.07, 6.45) is 0.808. The van der Waals surface area contributed by atoms with Crippen molar-refractivity contribution in [1.29, 1.82) is 0 Å². The highest BCUT2D eigenvalue weighted by Crippen LogP contribution is 2.31. The molecule has 1 aliphatic rings. The van der Waals surface area contributed by atoms with E-state index in [4.69, 9.17) is 5.73 Å². The predicted molar refractivity (Wildman–Crippen MR) is 92.1 cm³/mol. The first-order valence-electron chi connectivity index (χ1n) is 7.89. The second kappa shape index (κ2) is 6.75.